The zero-order chi connectivity index (χ0) is 16.8. The topological polar surface area (TPSA) is 42.7 Å². The number of aromatic nitrogens is 3. The number of benzene rings is 1. The van der Waals surface area contributed by atoms with Crippen molar-refractivity contribution in [2.45, 2.75) is 20.3 Å². The molecule has 3 aromatic rings. The Morgan fingerprint density at radius 1 is 1.04 bits per heavy atom. The molecule has 0 aliphatic carbocycles. The number of fused-ring (bicyclic) bond motifs is 1. The van der Waals surface area contributed by atoms with Gasteiger partial charge >= 0.3 is 0 Å². The van der Waals surface area contributed by atoms with Crippen molar-refractivity contribution in [2.75, 3.05) is 26.2 Å². The zero-order valence-electron chi connectivity index (χ0n) is 14.4. The Balaban J connectivity index is 1.69. The minimum absolute atomic E-state index is 0.636. The van der Waals surface area contributed by atoms with Crippen LogP contribution in [0.2, 0.25) is 0 Å². The van der Waals surface area contributed by atoms with E-state index in [1.54, 1.807) is 0 Å². The summed E-state index contributed by atoms with van der Waals surface area (Å²) in [7, 11) is 0. The van der Waals surface area contributed by atoms with Crippen LogP contribution in [-0.4, -0.2) is 45.7 Å². The Hall–Kier alpha value is -2.40. The lowest BCUT2D eigenvalue weighted by molar-refractivity contribution is 0.242. The van der Waals surface area contributed by atoms with Crippen molar-refractivity contribution in [2.24, 2.45) is 0 Å². The fraction of sp³-hybridized carbons (Fsp3) is 0.368. The summed E-state index contributed by atoms with van der Waals surface area (Å²) in [5, 5.41) is 4.59. The fourth-order valence-corrected chi connectivity index (χ4v) is 2.74. The van der Waals surface area contributed by atoms with Crippen LogP contribution in [0, 0.1) is 0 Å². The second-order valence-corrected chi connectivity index (χ2v) is 5.68. The van der Waals surface area contributed by atoms with Crippen LogP contribution in [0.4, 0.5) is 0 Å². The van der Waals surface area contributed by atoms with Crippen LogP contribution in [0.5, 0.6) is 5.88 Å². The monoisotopic (exact) mass is 324 g/mol. The van der Waals surface area contributed by atoms with E-state index in [1.807, 2.05) is 41.0 Å². The number of ether oxygens (including phenoxy) is 1. The lowest BCUT2D eigenvalue weighted by Crippen LogP contribution is -2.25. The van der Waals surface area contributed by atoms with Gasteiger partial charge < -0.3 is 9.64 Å². The second-order valence-electron chi connectivity index (χ2n) is 5.68. The van der Waals surface area contributed by atoms with Crippen molar-refractivity contribution >= 4 is 5.65 Å². The summed E-state index contributed by atoms with van der Waals surface area (Å²) in [5.41, 5.74) is 2.89. The molecule has 0 fully saturated rings. The maximum Gasteiger partial charge on any atom is 0.231 e. The van der Waals surface area contributed by atoms with Crippen molar-refractivity contribution in [3.63, 3.8) is 0 Å². The Labute approximate surface area is 142 Å². The summed E-state index contributed by atoms with van der Waals surface area (Å²) in [5.74, 6) is 0.636. The van der Waals surface area contributed by atoms with Gasteiger partial charge in [0.25, 0.3) is 0 Å². The van der Waals surface area contributed by atoms with E-state index in [4.69, 9.17) is 4.74 Å². The predicted molar refractivity (Wildman–Crippen MR) is 96.3 cm³/mol. The minimum atomic E-state index is 0.636. The molecule has 5 nitrogen and oxygen atoms in total. The number of imidazole rings is 1. The molecule has 0 N–H and O–H groups in total. The Bertz CT molecular complexity index is 765. The first-order valence-corrected chi connectivity index (χ1v) is 8.57. The van der Waals surface area contributed by atoms with Gasteiger partial charge in [0.1, 0.15) is 0 Å². The van der Waals surface area contributed by atoms with Gasteiger partial charge in [-0.1, -0.05) is 44.2 Å². The first-order valence-electron chi connectivity index (χ1n) is 8.57. The number of nitrogens with zero attached hydrogens (tertiary/aromatic N) is 4. The molecule has 0 saturated carbocycles. The van der Waals surface area contributed by atoms with E-state index < -0.39 is 0 Å². The van der Waals surface area contributed by atoms with Crippen LogP contribution in [0.25, 0.3) is 16.9 Å². The van der Waals surface area contributed by atoms with Gasteiger partial charge in [0, 0.05) is 18.2 Å². The Kier molecular flexibility index (Phi) is 5.43. The molecule has 0 saturated heterocycles. The summed E-state index contributed by atoms with van der Waals surface area (Å²) in [4.78, 5) is 6.81. The van der Waals surface area contributed by atoms with Crippen molar-refractivity contribution < 1.29 is 4.74 Å². The van der Waals surface area contributed by atoms with Gasteiger partial charge in [-0.05, 0) is 25.6 Å². The molecule has 2 aromatic heterocycles. The van der Waals surface area contributed by atoms with Crippen molar-refractivity contribution in [1.29, 1.82) is 0 Å². The van der Waals surface area contributed by atoms with Crippen molar-refractivity contribution in [3.8, 4) is 17.1 Å². The van der Waals surface area contributed by atoms with E-state index >= 15 is 0 Å². The molecule has 0 spiro atoms. The summed E-state index contributed by atoms with van der Waals surface area (Å²) >= 11 is 0. The highest BCUT2D eigenvalue weighted by atomic mass is 16.5. The van der Waals surface area contributed by atoms with Crippen LogP contribution >= 0.6 is 0 Å². The smallest absolute Gasteiger partial charge is 0.231 e. The van der Waals surface area contributed by atoms with E-state index in [1.165, 1.54) is 0 Å². The minimum Gasteiger partial charge on any atom is -0.477 e. The van der Waals surface area contributed by atoms with Crippen LogP contribution in [-0.2, 0) is 0 Å². The largest absolute Gasteiger partial charge is 0.477 e. The molecule has 0 aliphatic heterocycles. The van der Waals surface area contributed by atoms with E-state index in [-0.39, 0.29) is 0 Å². The Morgan fingerprint density at radius 3 is 2.58 bits per heavy atom. The van der Waals surface area contributed by atoms with Crippen LogP contribution in [0.3, 0.4) is 0 Å². The third kappa shape index (κ3) is 3.74. The number of hydrogen-bond donors (Lipinski definition) is 0. The van der Waals surface area contributed by atoms with E-state index in [2.05, 4.69) is 41.0 Å². The first kappa shape index (κ1) is 16.5. The van der Waals surface area contributed by atoms with Gasteiger partial charge in [-0.15, -0.1) is 5.10 Å². The molecular weight excluding hydrogens is 300 g/mol. The van der Waals surface area contributed by atoms with Gasteiger partial charge in [0.15, 0.2) is 5.65 Å². The van der Waals surface area contributed by atoms with Gasteiger partial charge in [0.05, 0.1) is 18.5 Å². The molecule has 0 radical (unpaired) electrons. The highest BCUT2D eigenvalue weighted by Gasteiger charge is 2.08. The average molecular weight is 324 g/mol. The molecule has 126 valence electrons. The molecular formula is C19H24N4O. The van der Waals surface area contributed by atoms with Gasteiger partial charge in [0.2, 0.25) is 5.88 Å². The van der Waals surface area contributed by atoms with E-state index in [9.17, 15) is 0 Å². The first-order chi connectivity index (χ1) is 11.8. The van der Waals surface area contributed by atoms with Gasteiger partial charge in [-0.25, -0.2) is 9.50 Å². The van der Waals surface area contributed by atoms with E-state index in [0.29, 0.717) is 12.5 Å². The zero-order valence-corrected chi connectivity index (χ0v) is 14.4. The van der Waals surface area contributed by atoms with Crippen molar-refractivity contribution in [3.05, 3.63) is 48.7 Å². The molecule has 24 heavy (non-hydrogen) atoms. The molecule has 0 unspecified atom stereocenters. The van der Waals surface area contributed by atoms with Crippen LogP contribution in [0.1, 0.15) is 20.3 Å². The highest BCUT2D eigenvalue weighted by molar-refractivity contribution is 5.62. The van der Waals surface area contributed by atoms with Gasteiger partial charge in [-0.2, -0.15) is 0 Å². The average Bonchev–Trinajstić information content (AvgIpc) is 3.06. The van der Waals surface area contributed by atoms with E-state index in [0.717, 1.165) is 43.0 Å². The maximum atomic E-state index is 5.83. The van der Waals surface area contributed by atoms with Crippen LogP contribution < -0.4 is 4.74 Å². The summed E-state index contributed by atoms with van der Waals surface area (Å²) < 4.78 is 7.67. The summed E-state index contributed by atoms with van der Waals surface area (Å²) in [6.45, 7) is 8.25. The molecule has 0 aliphatic rings. The van der Waals surface area contributed by atoms with Crippen LogP contribution in [0.15, 0.2) is 48.7 Å². The number of hydrogen-bond acceptors (Lipinski definition) is 4. The lowest BCUT2D eigenvalue weighted by Gasteiger charge is -2.17. The molecule has 0 amide bonds. The lowest BCUT2D eigenvalue weighted by atomic mass is 10.2. The third-order valence-corrected chi connectivity index (χ3v) is 4.17. The highest BCUT2D eigenvalue weighted by Crippen LogP contribution is 2.20. The molecule has 3 rings (SSSR count). The molecule has 0 bridgehead atoms. The quantitative estimate of drug-likeness (QED) is 0.595. The standard InChI is InChI=1S/C19H24N4O/c1-3-22(4-2)13-8-14-24-19-12-11-18-20-15-17(23(18)21-19)16-9-6-5-7-10-16/h5-7,9-12,15H,3-4,8,13-14H2,1-2H3. The SMILES string of the molecule is CCN(CC)CCCOc1ccc2ncc(-c3ccccc3)n2n1. The fourth-order valence-electron chi connectivity index (χ4n) is 2.74. The summed E-state index contributed by atoms with van der Waals surface area (Å²) in [6, 6.07) is 14.0. The van der Waals surface area contributed by atoms with Crippen molar-refractivity contribution in [1.82, 2.24) is 19.5 Å². The summed E-state index contributed by atoms with van der Waals surface area (Å²) in [6.07, 6.45) is 2.85. The molecule has 0 atom stereocenters. The molecule has 1 aromatic carbocycles. The second kappa shape index (κ2) is 7.93. The number of rotatable bonds is 8. The van der Waals surface area contributed by atoms with Gasteiger partial charge in [-0.3, -0.25) is 0 Å². The maximum absolute atomic E-state index is 5.83. The third-order valence-electron chi connectivity index (χ3n) is 4.17. The molecule has 5 heteroatoms. The Morgan fingerprint density at radius 2 is 1.83 bits per heavy atom. The predicted octanol–water partition coefficient (Wildman–Crippen LogP) is 3.51. The molecule has 2 heterocycles. The normalized spacial score (nSPS) is 11.3.